The maximum atomic E-state index is 13.8. The Morgan fingerprint density at radius 3 is 2.32 bits per heavy atom. The fourth-order valence-electron chi connectivity index (χ4n) is 3.58. The van der Waals surface area contributed by atoms with E-state index in [-0.39, 0.29) is 22.7 Å². The topological polar surface area (TPSA) is 91.1 Å². The molecule has 2 rings (SSSR count). The van der Waals surface area contributed by atoms with Crippen molar-refractivity contribution in [3.05, 3.63) is 68.7 Å². The van der Waals surface area contributed by atoms with E-state index in [1.54, 1.807) is 44.2 Å². The van der Waals surface area contributed by atoms with Crippen molar-refractivity contribution in [1.29, 1.82) is 0 Å². The second kappa shape index (κ2) is 12.0. The number of nitrogens with one attached hydrogen (secondary N) is 1. The molecule has 3 unspecified atom stereocenters. The van der Waals surface area contributed by atoms with Crippen molar-refractivity contribution >= 4 is 47.5 Å². The smallest absolute Gasteiger partial charge is 0.335 e. The fraction of sp³-hybridized carbons (Fsp3) is 0.333. The maximum absolute atomic E-state index is 13.8. The van der Waals surface area contributed by atoms with E-state index in [0.717, 1.165) is 0 Å². The van der Waals surface area contributed by atoms with Crippen molar-refractivity contribution in [2.45, 2.75) is 39.7 Å². The number of carbonyl (C=O) groups excluding carboxylic acids is 1. The van der Waals surface area contributed by atoms with Gasteiger partial charge in [-0.25, -0.2) is 13.6 Å². The van der Waals surface area contributed by atoms with E-state index in [2.05, 4.69) is 22.2 Å². The van der Waals surface area contributed by atoms with Crippen LogP contribution >= 0.6 is 23.2 Å². The molecule has 0 aliphatic carbocycles. The van der Waals surface area contributed by atoms with Crippen molar-refractivity contribution in [3.8, 4) is 0 Å². The molecule has 2 aromatic rings. The number of rotatable bonds is 10. The maximum Gasteiger partial charge on any atom is 0.335 e. The van der Waals surface area contributed by atoms with Crippen molar-refractivity contribution < 1.29 is 23.5 Å². The highest BCUT2D eigenvalue weighted by Crippen LogP contribution is 2.28. The molecule has 0 aliphatic rings. The predicted octanol–water partition coefficient (Wildman–Crippen LogP) is 5.99. The molecule has 0 heterocycles. The number of hydrogen-bond acceptors (Lipinski definition) is 4. The first-order valence-corrected chi connectivity index (χ1v) is 11.1. The SMILES string of the molecule is C=N/N=C(\Cc1ccc(Cl)c(Cl)c1)C(C(=O)NC(C)c1ccc(C(=O)O)c(C)c1)C(C)C(F)F. The molecule has 182 valence electrons. The summed E-state index contributed by atoms with van der Waals surface area (Å²) in [6.45, 7) is 7.89. The summed E-state index contributed by atoms with van der Waals surface area (Å²) in [7, 11) is 0. The Labute approximate surface area is 206 Å². The molecular formula is C24H25Cl2F2N3O3. The molecule has 0 spiro atoms. The number of carboxylic acid groups (broad SMARTS) is 1. The Morgan fingerprint density at radius 1 is 1.12 bits per heavy atom. The van der Waals surface area contributed by atoms with Gasteiger partial charge in [0.1, 0.15) is 0 Å². The minimum Gasteiger partial charge on any atom is -0.478 e. The van der Waals surface area contributed by atoms with Gasteiger partial charge in [-0.1, -0.05) is 48.3 Å². The lowest BCUT2D eigenvalue weighted by Gasteiger charge is -2.26. The molecule has 0 saturated carbocycles. The first kappa shape index (κ1) is 27.4. The number of alkyl halides is 2. The van der Waals surface area contributed by atoms with Crippen molar-refractivity contribution in [2.24, 2.45) is 22.0 Å². The van der Waals surface area contributed by atoms with E-state index in [0.29, 0.717) is 21.7 Å². The zero-order valence-electron chi connectivity index (χ0n) is 18.9. The zero-order chi connectivity index (χ0) is 25.6. The molecule has 2 aromatic carbocycles. The van der Waals surface area contributed by atoms with Crippen molar-refractivity contribution in [2.75, 3.05) is 0 Å². The summed E-state index contributed by atoms with van der Waals surface area (Å²) >= 11 is 12.0. The van der Waals surface area contributed by atoms with E-state index in [4.69, 9.17) is 23.2 Å². The van der Waals surface area contributed by atoms with Crippen LogP contribution in [0.3, 0.4) is 0 Å². The summed E-state index contributed by atoms with van der Waals surface area (Å²) in [6, 6.07) is 8.86. The number of benzene rings is 2. The Kier molecular flexibility index (Phi) is 9.70. The summed E-state index contributed by atoms with van der Waals surface area (Å²) in [5.41, 5.74) is 2.00. The standard InChI is InChI=1S/C24H25Cl2F2N3O3/c1-12-9-16(6-7-17(12)24(33)34)14(3)30-23(32)21(13(2)22(27)28)20(31-29-4)11-15-5-8-18(25)19(26)10-15/h5-10,13-14,21-22H,4,11H2,1-3H3,(H,30,32)(H,33,34)/b31-20+. The van der Waals surface area contributed by atoms with Gasteiger partial charge in [0.2, 0.25) is 12.3 Å². The summed E-state index contributed by atoms with van der Waals surface area (Å²) in [5.74, 6) is -4.40. The highest BCUT2D eigenvalue weighted by molar-refractivity contribution is 6.42. The number of nitrogens with zero attached hydrogens (tertiary/aromatic N) is 2. The van der Waals surface area contributed by atoms with E-state index in [1.165, 1.54) is 13.0 Å². The molecule has 10 heteroatoms. The van der Waals surface area contributed by atoms with Crippen LogP contribution < -0.4 is 5.32 Å². The summed E-state index contributed by atoms with van der Waals surface area (Å²) in [6.07, 6.45) is -2.77. The number of carbonyl (C=O) groups is 2. The third kappa shape index (κ3) is 6.84. The number of hydrogen-bond donors (Lipinski definition) is 2. The Bertz CT molecular complexity index is 1110. The number of aryl methyl sites for hydroxylation is 1. The van der Waals surface area contributed by atoms with Gasteiger partial charge in [-0.2, -0.15) is 10.2 Å². The summed E-state index contributed by atoms with van der Waals surface area (Å²) in [4.78, 5) is 24.5. The second-order valence-corrected chi connectivity index (χ2v) is 8.75. The molecule has 3 atom stereocenters. The van der Waals surface area contributed by atoms with E-state index < -0.39 is 36.2 Å². The summed E-state index contributed by atoms with van der Waals surface area (Å²) in [5, 5.41) is 20.0. The van der Waals surface area contributed by atoms with Gasteiger partial charge < -0.3 is 10.4 Å². The minimum atomic E-state index is -2.80. The largest absolute Gasteiger partial charge is 0.478 e. The molecule has 2 N–H and O–H groups in total. The molecule has 0 radical (unpaired) electrons. The second-order valence-electron chi connectivity index (χ2n) is 7.94. The molecule has 34 heavy (non-hydrogen) atoms. The van der Waals surface area contributed by atoms with Crippen LogP contribution in [0.25, 0.3) is 0 Å². The number of aromatic carboxylic acids is 1. The molecule has 0 saturated heterocycles. The number of amides is 1. The van der Waals surface area contributed by atoms with Gasteiger partial charge in [0.05, 0.1) is 33.3 Å². The Hall–Kier alpha value is -2.84. The highest BCUT2D eigenvalue weighted by atomic mass is 35.5. The van der Waals surface area contributed by atoms with E-state index >= 15 is 0 Å². The minimum absolute atomic E-state index is 0.0336. The first-order chi connectivity index (χ1) is 16.0. The normalized spacial score (nSPS) is 14.4. The van der Waals surface area contributed by atoms with Crippen LogP contribution in [0.4, 0.5) is 8.78 Å². The van der Waals surface area contributed by atoms with Crippen LogP contribution in [0.2, 0.25) is 10.0 Å². The third-order valence-electron chi connectivity index (χ3n) is 5.47. The molecule has 6 nitrogen and oxygen atoms in total. The van der Waals surface area contributed by atoms with E-state index in [1.807, 2.05) is 0 Å². The van der Waals surface area contributed by atoms with Gasteiger partial charge in [0, 0.05) is 19.1 Å². The average Bonchev–Trinajstić information content (AvgIpc) is 2.76. The van der Waals surface area contributed by atoms with Gasteiger partial charge in [-0.15, -0.1) is 0 Å². The van der Waals surface area contributed by atoms with E-state index in [9.17, 15) is 23.5 Å². The zero-order valence-corrected chi connectivity index (χ0v) is 20.4. The van der Waals surface area contributed by atoms with Crippen LogP contribution in [0.15, 0.2) is 46.6 Å². The molecule has 0 aliphatic heterocycles. The van der Waals surface area contributed by atoms with Crippen molar-refractivity contribution in [1.82, 2.24) is 5.32 Å². The van der Waals surface area contributed by atoms with Gasteiger partial charge in [0.15, 0.2) is 0 Å². The molecule has 0 aromatic heterocycles. The summed E-state index contributed by atoms with van der Waals surface area (Å²) < 4.78 is 27.5. The van der Waals surface area contributed by atoms with Crippen LogP contribution in [0.1, 0.15) is 46.9 Å². The quantitative estimate of drug-likeness (QED) is 0.303. The molecule has 0 bridgehead atoms. The van der Waals surface area contributed by atoms with Gasteiger partial charge >= 0.3 is 5.97 Å². The Balaban J connectivity index is 2.35. The van der Waals surface area contributed by atoms with Gasteiger partial charge in [-0.3, -0.25) is 4.79 Å². The predicted molar refractivity (Wildman–Crippen MR) is 131 cm³/mol. The van der Waals surface area contributed by atoms with Gasteiger partial charge in [0.25, 0.3) is 0 Å². The third-order valence-corrected chi connectivity index (χ3v) is 6.21. The van der Waals surface area contributed by atoms with Crippen LogP contribution in [-0.4, -0.2) is 35.8 Å². The first-order valence-electron chi connectivity index (χ1n) is 10.3. The Morgan fingerprint density at radius 2 is 1.79 bits per heavy atom. The fourth-order valence-corrected chi connectivity index (χ4v) is 3.90. The average molecular weight is 512 g/mol. The lowest BCUT2D eigenvalue weighted by Crippen LogP contribution is -2.42. The molecule has 0 fully saturated rings. The number of carboxylic acids is 1. The molecular weight excluding hydrogens is 487 g/mol. The lowest BCUT2D eigenvalue weighted by atomic mass is 9.85. The van der Waals surface area contributed by atoms with Crippen LogP contribution in [0.5, 0.6) is 0 Å². The lowest BCUT2D eigenvalue weighted by molar-refractivity contribution is -0.126. The van der Waals surface area contributed by atoms with Crippen LogP contribution in [0, 0.1) is 18.8 Å². The highest BCUT2D eigenvalue weighted by Gasteiger charge is 2.36. The monoisotopic (exact) mass is 511 g/mol. The number of halogens is 4. The molecule has 1 amide bonds. The van der Waals surface area contributed by atoms with Crippen LogP contribution in [-0.2, 0) is 11.2 Å². The van der Waals surface area contributed by atoms with Gasteiger partial charge in [-0.05, 0) is 48.7 Å². The van der Waals surface area contributed by atoms with Crippen molar-refractivity contribution in [3.63, 3.8) is 0 Å².